The van der Waals surface area contributed by atoms with E-state index in [-0.39, 0.29) is 18.3 Å². The summed E-state index contributed by atoms with van der Waals surface area (Å²) in [7, 11) is 0. The van der Waals surface area contributed by atoms with Crippen LogP contribution in [0, 0.1) is 18.8 Å². The minimum Gasteiger partial charge on any atom is -0.481 e. The summed E-state index contributed by atoms with van der Waals surface area (Å²) in [6, 6.07) is 12.2. The van der Waals surface area contributed by atoms with Gasteiger partial charge < -0.3 is 10.1 Å². The van der Waals surface area contributed by atoms with Crippen LogP contribution in [0.5, 0.6) is 0 Å². The first kappa shape index (κ1) is 18.6. The van der Waals surface area contributed by atoms with Gasteiger partial charge in [0, 0.05) is 32.1 Å². The highest BCUT2D eigenvalue weighted by Gasteiger charge is 2.31. The molecular weight excluding hydrogens is 352 g/mol. The maximum absolute atomic E-state index is 11.4. The van der Waals surface area contributed by atoms with Crippen LogP contribution in [0.25, 0.3) is 11.0 Å². The number of rotatable bonds is 6. The van der Waals surface area contributed by atoms with Crippen molar-refractivity contribution in [2.24, 2.45) is 11.8 Å². The Morgan fingerprint density at radius 1 is 1.29 bits per heavy atom. The Balaban J connectivity index is 1.51. The third kappa shape index (κ3) is 4.39. The van der Waals surface area contributed by atoms with Crippen LogP contribution < -0.4 is 0 Å². The number of aryl methyl sites for hydroxylation is 1. The van der Waals surface area contributed by atoms with Gasteiger partial charge in [0.25, 0.3) is 0 Å². The predicted molar refractivity (Wildman–Crippen MR) is 108 cm³/mol. The number of aromatic amines is 1. The zero-order valence-corrected chi connectivity index (χ0v) is 16.1. The van der Waals surface area contributed by atoms with Crippen LogP contribution in [-0.4, -0.2) is 44.0 Å². The molecule has 0 radical (unpaired) electrons. The summed E-state index contributed by atoms with van der Waals surface area (Å²) < 4.78 is 0. The number of fused-ring (bicyclic) bond motifs is 1. The van der Waals surface area contributed by atoms with Crippen LogP contribution in [0.1, 0.15) is 29.9 Å². The van der Waals surface area contributed by atoms with Gasteiger partial charge in [0.1, 0.15) is 5.82 Å². The molecule has 0 bridgehead atoms. The van der Waals surface area contributed by atoms with E-state index in [1.165, 1.54) is 5.56 Å². The average Bonchev–Trinajstić information content (AvgIpc) is 3.06. The molecule has 4 rings (SSSR count). The molecule has 2 atom stereocenters. The normalized spacial score (nSPS) is 20.5. The number of piperidine rings is 1. The van der Waals surface area contributed by atoms with Crippen molar-refractivity contribution >= 4 is 17.0 Å². The fourth-order valence-electron chi connectivity index (χ4n) is 4.27. The third-order valence-corrected chi connectivity index (χ3v) is 5.67. The number of nitrogens with one attached hydrogen (secondary N) is 1. The fourth-order valence-corrected chi connectivity index (χ4v) is 4.27. The Morgan fingerprint density at radius 2 is 2.18 bits per heavy atom. The van der Waals surface area contributed by atoms with E-state index >= 15 is 0 Å². The number of carbonyl (C=O) groups is 1. The maximum atomic E-state index is 11.4. The largest absolute Gasteiger partial charge is 0.481 e. The van der Waals surface area contributed by atoms with Crippen LogP contribution in [-0.2, 0) is 17.8 Å². The molecule has 28 heavy (non-hydrogen) atoms. The Morgan fingerprint density at radius 3 is 2.96 bits per heavy atom. The molecule has 1 saturated heterocycles. The second kappa shape index (κ2) is 8.10. The molecule has 0 amide bonds. The second-order valence-electron chi connectivity index (χ2n) is 7.87. The molecular formula is C22H26N4O2. The number of pyridine rings is 1. The third-order valence-electron chi connectivity index (χ3n) is 5.67. The topological polar surface area (TPSA) is 82.1 Å². The number of benzene rings is 1. The molecule has 146 valence electrons. The van der Waals surface area contributed by atoms with Crippen molar-refractivity contribution in [2.45, 2.75) is 32.7 Å². The molecule has 3 heterocycles. The molecule has 1 aliphatic heterocycles. The lowest BCUT2D eigenvalue weighted by Crippen LogP contribution is -2.41. The number of likely N-dealkylation sites (tertiary alicyclic amines) is 1. The van der Waals surface area contributed by atoms with Crippen molar-refractivity contribution in [1.82, 2.24) is 19.9 Å². The van der Waals surface area contributed by atoms with E-state index in [0.717, 1.165) is 55.0 Å². The highest BCUT2D eigenvalue weighted by atomic mass is 16.4. The monoisotopic (exact) mass is 378 g/mol. The number of H-pyrrole nitrogens is 1. The summed E-state index contributed by atoms with van der Waals surface area (Å²) in [5.41, 5.74) is 4.27. The first-order valence-electron chi connectivity index (χ1n) is 9.86. The molecule has 2 N–H and O–H groups in total. The Kier molecular flexibility index (Phi) is 5.39. The van der Waals surface area contributed by atoms with Gasteiger partial charge in [-0.05, 0) is 61.6 Å². The number of hydrogen-bond donors (Lipinski definition) is 2. The molecule has 1 aliphatic rings. The lowest BCUT2D eigenvalue weighted by Gasteiger charge is -2.37. The second-order valence-corrected chi connectivity index (χ2v) is 7.87. The van der Waals surface area contributed by atoms with E-state index in [2.05, 4.69) is 33.9 Å². The SMILES string of the molecule is Cc1ccc2nc(CC3CN(Cc4ccccn4)CCC3CC(=O)O)[nH]c2c1. The minimum absolute atomic E-state index is 0.174. The number of aromatic nitrogens is 3. The smallest absolute Gasteiger partial charge is 0.303 e. The van der Waals surface area contributed by atoms with Crippen LogP contribution in [0.3, 0.4) is 0 Å². The number of carboxylic acids is 1. The van der Waals surface area contributed by atoms with E-state index in [4.69, 9.17) is 4.98 Å². The van der Waals surface area contributed by atoms with Crippen LogP contribution in [0.4, 0.5) is 0 Å². The van der Waals surface area contributed by atoms with E-state index in [9.17, 15) is 9.90 Å². The fraction of sp³-hybridized carbons (Fsp3) is 0.409. The summed E-state index contributed by atoms with van der Waals surface area (Å²) in [6.07, 6.45) is 3.70. The number of nitrogens with zero attached hydrogens (tertiary/aromatic N) is 3. The molecule has 1 fully saturated rings. The zero-order chi connectivity index (χ0) is 19.5. The highest BCUT2D eigenvalue weighted by Crippen LogP contribution is 2.30. The Hall–Kier alpha value is -2.73. The van der Waals surface area contributed by atoms with Crippen molar-refractivity contribution in [2.75, 3.05) is 13.1 Å². The summed E-state index contributed by atoms with van der Waals surface area (Å²) in [6.45, 7) is 4.64. The van der Waals surface area contributed by atoms with Crippen molar-refractivity contribution in [3.8, 4) is 0 Å². The van der Waals surface area contributed by atoms with Gasteiger partial charge in [-0.25, -0.2) is 4.98 Å². The van der Waals surface area contributed by atoms with Gasteiger partial charge >= 0.3 is 5.97 Å². The summed E-state index contributed by atoms with van der Waals surface area (Å²) in [4.78, 5) is 26.4. The number of carboxylic acid groups (broad SMARTS) is 1. The van der Waals surface area contributed by atoms with Gasteiger partial charge in [0.15, 0.2) is 0 Å². The van der Waals surface area contributed by atoms with Gasteiger partial charge in [-0.15, -0.1) is 0 Å². The predicted octanol–water partition coefficient (Wildman–Crippen LogP) is 3.42. The van der Waals surface area contributed by atoms with Crippen molar-refractivity contribution < 1.29 is 9.90 Å². The number of imidazole rings is 1. The molecule has 2 aromatic heterocycles. The quantitative estimate of drug-likeness (QED) is 0.687. The van der Waals surface area contributed by atoms with E-state index < -0.39 is 5.97 Å². The average molecular weight is 378 g/mol. The van der Waals surface area contributed by atoms with Gasteiger partial charge in [-0.1, -0.05) is 12.1 Å². The molecule has 6 heteroatoms. The molecule has 6 nitrogen and oxygen atoms in total. The van der Waals surface area contributed by atoms with E-state index in [0.29, 0.717) is 0 Å². The zero-order valence-electron chi connectivity index (χ0n) is 16.1. The van der Waals surface area contributed by atoms with Gasteiger partial charge in [-0.2, -0.15) is 0 Å². The minimum atomic E-state index is -0.714. The van der Waals surface area contributed by atoms with Crippen LogP contribution >= 0.6 is 0 Å². The van der Waals surface area contributed by atoms with Gasteiger partial charge in [0.2, 0.25) is 0 Å². The van der Waals surface area contributed by atoms with Gasteiger partial charge in [0.05, 0.1) is 16.7 Å². The van der Waals surface area contributed by atoms with E-state index in [1.54, 1.807) is 0 Å². The molecule has 1 aromatic carbocycles. The van der Waals surface area contributed by atoms with Crippen molar-refractivity contribution in [3.05, 3.63) is 59.7 Å². The number of hydrogen-bond acceptors (Lipinski definition) is 4. The van der Waals surface area contributed by atoms with Crippen molar-refractivity contribution in [3.63, 3.8) is 0 Å². The Bertz CT molecular complexity index is 954. The van der Waals surface area contributed by atoms with Crippen molar-refractivity contribution in [1.29, 1.82) is 0 Å². The first-order valence-corrected chi connectivity index (χ1v) is 9.86. The summed E-state index contributed by atoms with van der Waals surface area (Å²) in [5, 5.41) is 9.35. The molecule has 0 spiro atoms. The van der Waals surface area contributed by atoms with Crippen LogP contribution in [0.2, 0.25) is 0 Å². The summed E-state index contributed by atoms with van der Waals surface area (Å²) >= 11 is 0. The van der Waals surface area contributed by atoms with E-state index in [1.807, 2.05) is 30.5 Å². The molecule has 2 unspecified atom stereocenters. The lowest BCUT2D eigenvalue weighted by molar-refractivity contribution is -0.139. The van der Waals surface area contributed by atoms with Crippen LogP contribution in [0.15, 0.2) is 42.6 Å². The Labute approximate surface area is 164 Å². The number of aliphatic carboxylic acids is 1. The summed E-state index contributed by atoms with van der Waals surface area (Å²) in [5.74, 6) is 0.664. The molecule has 3 aromatic rings. The standard InChI is InChI=1S/C22H26N4O2/c1-15-5-6-19-20(10-15)25-21(24-19)11-17-13-26(9-7-16(17)12-22(27)28)14-18-4-2-3-8-23-18/h2-6,8,10,16-17H,7,9,11-14H2,1H3,(H,24,25)(H,27,28). The lowest BCUT2D eigenvalue weighted by atomic mass is 9.81. The first-order chi connectivity index (χ1) is 13.6. The molecule has 0 saturated carbocycles. The maximum Gasteiger partial charge on any atom is 0.303 e. The molecule has 0 aliphatic carbocycles. The highest BCUT2D eigenvalue weighted by molar-refractivity contribution is 5.75. The van der Waals surface area contributed by atoms with Gasteiger partial charge in [-0.3, -0.25) is 14.7 Å².